The molecule has 0 aliphatic heterocycles. The van der Waals surface area contributed by atoms with Gasteiger partial charge in [-0.1, -0.05) is 0 Å². The first kappa shape index (κ1) is 19.5. The molecule has 3 unspecified atom stereocenters. The van der Waals surface area contributed by atoms with Gasteiger partial charge in [-0.25, -0.2) is 9.97 Å². The average molecular weight is 414 g/mol. The van der Waals surface area contributed by atoms with Crippen LogP contribution in [0.1, 0.15) is 23.8 Å². The number of nitrogens with one attached hydrogen (secondary N) is 2. The van der Waals surface area contributed by atoms with Crippen LogP contribution < -0.4 is 11.1 Å². The van der Waals surface area contributed by atoms with Crippen molar-refractivity contribution in [3.05, 3.63) is 40.4 Å². The Labute approximate surface area is 172 Å². The van der Waals surface area contributed by atoms with Gasteiger partial charge in [0.15, 0.2) is 0 Å². The zero-order valence-electron chi connectivity index (χ0n) is 16.0. The van der Waals surface area contributed by atoms with E-state index < -0.39 is 5.97 Å². The van der Waals surface area contributed by atoms with Crippen LogP contribution in [-0.2, 0) is 22.4 Å². The van der Waals surface area contributed by atoms with Crippen molar-refractivity contribution in [2.45, 2.75) is 32.2 Å². The van der Waals surface area contributed by atoms with Gasteiger partial charge in [-0.2, -0.15) is 0 Å². The van der Waals surface area contributed by atoms with Crippen molar-refractivity contribution in [3.63, 3.8) is 0 Å². The van der Waals surface area contributed by atoms with Crippen LogP contribution in [0.3, 0.4) is 0 Å². The Hall–Kier alpha value is -2.78. The highest BCUT2D eigenvalue weighted by molar-refractivity contribution is 7.19. The molecule has 2 aromatic heterocycles. The van der Waals surface area contributed by atoms with Crippen molar-refractivity contribution >= 4 is 39.6 Å². The van der Waals surface area contributed by atoms with Gasteiger partial charge in [0.25, 0.3) is 0 Å². The molecule has 2 aromatic rings. The van der Waals surface area contributed by atoms with Crippen molar-refractivity contribution in [2.24, 2.45) is 17.6 Å². The Morgan fingerprint density at radius 2 is 2.31 bits per heavy atom. The molecule has 152 valence electrons. The first-order valence-corrected chi connectivity index (χ1v) is 10.4. The summed E-state index contributed by atoms with van der Waals surface area (Å²) in [5.41, 5.74) is 7.97. The van der Waals surface area contributed by atoms with Crippen molar-refractivity contribution < 1.29 is 14.6 Å². The fraction of sp³-hybridized carbons (Fsp3) is 0.400. The number of carboxylic acids is 1. The van der Waals surface area contributed by atoms with E-state index in [0.29, 0.717) is 37.4 Å². The molecule has 4 rings (SSSR count). The molecule has 3 atom stereocenters. The van der Waals surface area contributed by atoms with E-state index in [0.717, 1.165) is 26.4 Å². The van der Waals surface area contributed by atoms with Crippen molar-refractivity contribution in [3.8, 4) is 0 Å². The number of nitrogens with two attached hydrogens (primary N) is 1. The quantitative estimate of drug-likeness (QED) is 0.535. The predicted molar refractivity (Wildman–Crippen MR) is 112 cm³/mol. The molecule has 0 spiro atoms. The van der Waals surface area contributed by atoms with E-state index in [9.17, 15) is 9.90 Å². The highest BCUT2D eigenvalue weighted by Crippen LogP contribution is 2.40. The zero-order chi connectivity index (χ0) is 20.5. The summed E-state index contributed by atoms with van der Waals surface area (Å²) in [6, 6.07) is -0.313. The van der Waals surface area contributed by atoms with Crippen LogP contribution in [-0.4, -0.2) is 39.9 Å². The minimum absolute atomic E-state index is 0.230. The molecule has 9 heteroatoms. The van der Waals surface area contributed by atoms with Crippen LogP contribution in [0, 0.1) is 17.2 Å². The number of aryl methyl sites for hydroxylation is 1. The summed E-state index contributed by atoms with van der Waals surface area (Å²) >= 11 is 1.54. The van der Waals surface area contributed by atoms with Gasteiger partial charge in [0, 0.05) is 23.1 Å². The fourth-order valence-corrected chi connectivity index (χ4v) is 5.12. The van der Waals surface area contributed by atoms with Gasteiger partial charge in [-0.05, 0) is 43.9 Å². The number of hydrogen-bond acceptors (Lipinski definition) is 8. The highest BCUT2D eigenvalue weighted by atomic mass is 32.1. The van der Waals surface area contributed by atoms with Crippen LogP contribution in [0.5, 0.6) is 0 Å². The standard InChI is InChI=1S/C20H23N5O3S/c1-2-28-15-7-13(22)11(8-21)5-14(15)25-18-17-12-4-3-10(20(26)27)6-16(12)29-19(17)24-9-23-18/h5,7-11,13,21H,2-4,6,22H2,1H3,(H,26,27)(H,23,24,25). The topological polar surface area (TPSA) is 134 Å². The van der Waals surface area contributed by atoms with Crippen molar-refractivity contribution in [2.75, 3.05) is 11.9 Å². The first-order valence-electron chi connectivity index (χ1n) is 9.59. The van der Waals surface area contributed by atoms with Gasteiger partial charge < -0.3 is 26.3 Å². The van der Waals surface area contributed by atoms with Gasteiger partial charge in [0.1, 0.15) is 22.7 Å². The number of carbonyl (C=O) groups is 1. The third-order valence-electron chi connectivity index (χ3n) is 5.35. The molecule has 0 amide bonds. The number of rotatable bonds is 6. The molecule has 0 bridgehead atoms. The molecular weight excluding hydrogens is 390 g/mol. The maximum absolute atomic E-state index is 11.4. The Morgan fingerprint density at radius 3 is 3.03 bits per heavy atom. The molecule has 0 radical (unpaired) electrons. The summed E-state index contributed by atoms with van der Waals surface area (Å²) in [5, 5.41) is 21.3. The molecule has 0 fully saturated rings. The SMILES string of the molecule is CCOC1=CC(N)C(C=N)C=C1Nc1ncnc2sc3c(c12)CCC(C(=O)O)C3. The number of thiophene rings is 1. The maximum atomic E-state index is 11.4. The van der Waals surface area contributed by atoms with E-state index in [2.05, 4.69) is 15.3 Å². The molecule has 8 nitrogen and oxygen atoms in total. The van der Waals surface area contributed by atoms with Crippen LogP contribution in [0.2, 0.25) is 0 Å². The third-order valence-corrected chi connectivity index (χ3v) is 6.52. The molecule has 2 aliphatic rings. The molecule has 2 heterocycles. The minimum Gasteiger partial charge on any atom is -0.492 e. The Kier molecular flexibility index (Phi) is 5.33. The smallest absolute Gasteiger partial charge is 0.306 e. The van der Waals surface area contributed by atoms with Crippen LogP contribution >= 0.6 is 11.3 Å². The fourth-order valence-electron chi connectivity index (χ4n) is 3.85. The average Bonchev–Trinajstić information content (AvgIpc) is 3.08. The van der Waals surface area contributed by atoms with Crippen LogP contribution in [0.25, 0.3) is 10.2 Å². The second kappa shape index (κ2) is 7.92. The molecule has 0 aromatic carbocycles. The summed E-state index contributed by atoms with van der Waals surface area (Å²) in [6.45, 7) is 2.40. The Morgan fingerprint density at radius 1 is 1.48 bits per heavy atom. The molecule has 0 saturated heterocycles. The second-order valence-electron chi connectivity index (χ2n) is 7.17. The molecule has 0 saturated carbocycles. The van der Waals surface area contributed by atoms with Gasteiger partial charge in [-0.3, -0.25) is 4.79 Å². The normalized spacial score (nSPS) is 23.7. The number of aromatic nitrogens is 2. The molecular formula is C20H23N5O3S. The Balaban J connectivity index is 1.72. The maximum Gasteiger partial charge on any atom is 0.306 e. The van der Waals surface area contributed by atoms with Crippen LogP contribution in [0.4, 0.5) is 5.82 Å². The van der Waals surface area contributed by atoms with E-state index in [1.54, 1.807) is 0 Å². The largest absolute Gasteiger partial charge is 0.492 e. The van der Waals surface area contributed by atoms with E-state index in [1.165, 1.54) is 23.9 Å². The summed E-state index contributed by atoms with van der Waals surface area (Å²) in [5.74, 6) is -0.0160. The molecule has 5 N–H and O–H groups in total. The van der Waals surface area contributed by atoms with Gasteiger partial charge in [-0.15, -0.1) is 11.3 Å². The number of anilines is 1. The first-order chi connectivity index (χ1) is 14.0. The van der Waals surface area contributed by atoms with Crippen molar-refractivity contribution in [1.29, 1.82) is 5.41 Å². The number of aliphatic carboxylic acids is 1. The lowest BCUT2D eigenvalue weighted by atomic mass is 9.88. The number of ether oxygens (including phenoxy) is 1. The zero-order valence-corrected chi connectivity index (χ0v) is 16.8. The highest BCUT2D eigenvalue weighted by Gasteiger charge is 2.29. The molecule has 2 aliphatic carbocycles. The summed E-state index contributed by atoms with van der Waals surface area (Å²) < 4.78 is 5.75. The summed E-state index contributed by atoms with van der Waals surface area (Å²) in [4.78, 5) is 22.2. The van der Waals surface area contributed by atoms with Gasteiger partial charge in [0.2, 0.25) is 0 Å². The lowest BCUT2D eigenvalue weighted by molar-refractivity contribution is -0.142. The van der Waals surface area contributed by atoms with E-state index in [4.69, 9.17) is 15.9 Å². The predicted octanol–water partition coefficient (Wildman–Crippen LogP) is 2.70. The lowest BCUT2D eigenvalue weighted by Gasteiger charge is -2.25. The minimum atomic E-state index is -0.745. The number of carboxylic acid groups (broad SMARTS) is 1. The Bertz CT molecular complexity index is 1030. The van der Waals surface area contributed by atoms with E-state index in [-0.39, 0.29) is 17.9 Å². The monoisotopic (exact) mass is 413 g/mol. The number of nitrogens with zero attached hydrogens (tertiary/aromatic N) is 2. The lowest BCUT2D eigenvalue weighted by Crippen LogP contribution is -2.32. The van der Waals surface area contributed by atoms with Gasteiger partial charge in [0.05, 0.1) is 23.6 Å². The summed E-state index contributed by atoms with van der Waals surface area (Å²) in [7, 11) is 0. The third kappa shape index (κ3) is 3.63. The van der Waals surface area contributed by atoms with Gasteiger partial charge >= 0.3 is 5.97 Å². The number of fused-ring (bicyclic) bond motifs is 3. The van der Waals surface area contributed by atoms with E-state index >= 15 is 0 Å². The second-order valence-corrected chi connectivity index (χ2v) is 8.26. The molecule has 29 heavy (non-hydrogen) atoms. The van der Waals surface area contributed by atoms with Crippen LogP contribution in [0.15, 0.2) is 29.9 Å². The van der Waals surface area contributed by atoms with Crippen molar-refractivity contribution in [1.82, 2.24) is 9.97 Å². The summed E-state index contributed by atoms with van der Waals surface area (Å²) in [6.07, 6.45) is 8.36. The van der Waals surface area contributed by atoms with E-state index in [1.807, 2.05) is 19.1 Å². The number of hydrogen-bond donors (Lipinski definition) is 4.